The first kappa shape index (κ1) is 39.9. The standard InChI is InChI=1S/C21H36O5.C7H14O3.C3H8.C2H6/c1-11-8-12(2)18(22)16(6)20(24)26-17(7)14(4)13(3)15(5)19(23)21(9-11)10-25-21;1-5-7(8)6(9-2)3-4-10-5;1-3-2;1-2/h11-18,22H,8-10H2,1-7H3;5-8H,3-4H2,1-2H3;3H2,1-2H3;1-2H3/t11-,12-,13+,14-,15-,16-,17-,18+,21-;5?,6-,7+;;/m11../s1. The zero-order valence-electron chi connectivity index (χ0n) is 28.4. The van der Waals surface area contributed by atoms with Gasteiger partial charge < -0.3 is 29.2 Å². The van der Waals surface area contributed by atoms with E-state index in [1.54, 1.807) is 14.0 Å². The van der Waals surface area contributed by atoms with Gasteiger partial charge in [0.1, 0.15) is 17.8 Å². The van der Waals surface area contributed by atoms with Crippen molar-refractivity contribution in [1.82, 2.24) is 0 Å². The van der Waals surface area contributed by atoms with Gasteiger partial charge in [0, 0.05) is 19.6 Å². The minimum Gasteiger partial charge on any atom is -0.462 e. The number of epoxide rings is 1. The highest BCUT2D eigenvalue weighted by atomic mass is 16.6. The van der Waals surface area contributed by atoms with Crippen molar-refractivity contribution in [3.05, 3.63) is 0 Å². The summed E-state index contributed by atoms with van der Waals surface area (Å²) in [5.41, 5.74) is -0.646. The molecule has 0 saturated carbocycles. The molecule has 41 heavy (non-hydrogen) atoms. The highest BCUT2D eigenvalue weighted by Crippen LogP contribution is 2.42. The molecule has 0 radical (unpaired) electrons. The molecule has 8 heteroatoms. The van der Waals surface area contributed by atoms with E-state index in [2.05, 4.69) is 20.8 Å². The van der Waals surface area contributed by atoms with E-state index in [0.717, 1.165) is 12.8 Å². The number of aliphatic hydroxyl groups excluding tert-OH is 2. The summed E-state index contributed by atoms with van der Waals surface area (Å²) in [6.07, 6.45) is 1.83. The molecule has 3 fully saturated rings. The number of methoxy groups -OCH3 is 1. The molecule has 3 aliphatic rings. The zero-order valence-corrected chi connectivity index (χ0v) is 28.4. The molecule has 3 aliphatic heterocycles. The number of ether oxygens (including phenoxy) is 4. The second-order valence-corrected chi connectivity index (χ2v) is 12.4. The van der Waals surface area contributed by atoms with Crippen LogP contribution in [0, 0.1) is 35.5 Å². The molecule has 0 aromatic carbocycles. The van der Waals surface area contributed by atoms with E-state index in [4.69, 9.17) is 18.9 Å². The number of carbonyl (C=O) groups excluding carboxylic acids is 2. The quantitative estimate of drug-likeness (QED) is 0.290. The van der Waals surface area contributed by atoms with Crippen molar-refractivity contribution in [3.8, 4) is 0 Å². The fraction of sp³-hybridized carbons (Fsp3) is 0.939. The molecule has 2 N–H and O–H groups in total. The molecule has 3 saturated heterocycles. The average molecular weight is 589 g/mol. The van der Waals surface area contributed by atoms with Crippen molar-refractivity contribution in [1.29, 1.82) is 0 Å². The van der Waals surface area contributed by atoms with Crippen LogP contribution in [0.15, 0.2) is 0 Å². The summed E-state index contributed by atoms with van der Waals surface area (Å²) >= 11 is 0. The van der Waals surface area contributed by atoms with Gasteiger partial charge in [0.2, 0.25) is 0 Å². The Hall–Kier alpha value is -1.06. The van der Waals surface area contributed by atoms with E-state index in [9.17, 15) is 19.8 Å². The number of hydrogen-bond donors (Lipinski definition) is 2. The maximum atomic E-state index is 13.1. The number of rotatable bonds is 1. The van der Waals surface area contributed by atoms with Crippen molar-refractivity contribution in [2.75, 3.05) is 20.3 Å². The molecule has 8 nitrogen and oxygen atoms in total. The minimum absolute atomic E-state index is 0.0378. The number of esters is 1. The predicted molar refractivity (Wildman–Crippen MR) is 164 cm³/mol. The number of Topliss-reactive ketones (excluding diaryl/α,β-unsaturated/α-hetero) is 1. The zero-order chi connectivity index (χ0) is 32.1. The van der Waals surface area contributed by atoms with Crippen LogP contribution >= 0.6 is 0 Å². The van der Waals surface area contributed by atoms with Gasteiger partial charge in [-0.25, -0.2) is 0 Å². The van der Waals surface area contributed by atoms with Crippen LogP contribution < -0.4 is 0 Å². The lowest BCUT2D eigenvalue weighted by Crippen LogP contribution is -2.43. The number of carbonyl (C=O) groups is 2. The van der Waals surface area contributed by atoms with E-state index in [1.165, 1.54) is 6.42 Å². The lowest BCUT2D eigenvalue weighted by molar-refractivity contribution is -0.161. The Morgan fingerprint density at radius 2 is 1.41 bits per heavy atom. The largest absolute Gasteiger partial charge is 0.462 e. The van der Waals surface area contributed by atoms with E-state index < -0.39 is 23.7 Å². The Morgan fingerprint density at radius 1 is 0.878 bits per heavy atom. The van der Waals surface area contributed by atoms with Gasteiger partial charge >= 0.3 is 5.97 Å². The first-order valence-corrected chi connectivity index (χ1v) is 16.1. The van der Waals surface area contributed by atoms with Gasteiger partial charge in [-0.15, -0.1) is 0 Å². The molecule has 0 amide bonds. The van der Waals surface area contributed by atoms with Crippen LogP contribution in [0.4, 0.5) is 0 Å². The van der Waals surface area contributed by atoms with Crippen molar-refractivity contribution in [2.45, 2.75) is 145 Å². The van der Waals surface area contributed by atoms with Crippen LogP contribution in [-0.4, -0.2) is 78.4 Å². The highest BCUT2D eigenvalue weighted by molar-refractivity contribution is 5.91. The topological polar surface area (TPSA) is 115 Å². The Kier molecular flexibility index (Phi) is 18.8. The van der Waals surface area contributed by atoms with Gasteiger partial charge in [-0.3, -0.25) is 9.59 Å². The van der Waals surface area contributed by atoms with Crippen molar-refractivity contribution < 1.29 is 38.7 Å². The monoisotopic (exact) mass is 588 g/mol. The molecule has 3 heterocycles. The maximum absolute atomic E-state index is 13.1. The Balaban J connectivity index is 0.000000880. The Bertz CT molecular complexity index is 739. The van der Waals surface area contributed by atoms with Crippen molar-refractivity contribution in [3.63, 3.8) is 0 Å². The SMILES string of the molecule is CC.CCC.CO[C@@H]1CCOC(C)[C@@H]1O.C[C@@H]1C[C@@H](C)[C@H](O)[C@@H](C)C(=O)O[C@H](C)[C@H](C)[C@H](C)[C@@H](C)C(=O)[C@]2(CO2)C1. The maximum Gasteiger partial charge on any atom is 0.311 e. The third kappa shape index (κ3) is 11.9. The number of cyclic esters (lactones) is 1. The van der Waals surface area contributed by atoms with E-state index in [-0.39, 0.29) is 59.7 Å². The fourth-order valence-corrected chi connectivity index (χ4v) is 5.63. The second-order valence-electron chi connectivity index (χ2n) is 12.4. The predicted octanol–water partition coefficient (Wildman–Crippen LogP) is 5.84. The molecular weight excluding hydrogens is 524 g/mol. The molecule has 0 aromatic rings. The molecule has 3 rings (SSSR count). The molecule has 1 unspecified atom stereocenters. The van der Waals surface area contributed by atoms with E-state index in [0.29, 0.717) is 19.6 Å². The van der Waals surface area contributed by atoms with Gasteiger partial charge in [-0.2, -0.15) is 0 Å². The van der Waals surface area contributed by atoms with E-state index in [1.807, 2.05) is 55.4 Å². The van der Waals surface area contributed by atoms with Crippen LogP contribution in [-0.2, 0) is 28.5 Å². The first-order valence-electron chi connectivity index (χ1n) is 16.1. The Morgan fingerprint density at radius 3 is 1.88 bits per heavy atom. The first-order chi connectivity index (χ1) is 19.2. The van der Waals surface area contributed by atoms with Crippen LogP contribution in [0.1, 0.15) is 109 Å². The summed E-state index contributed by atoms with van der Waals surface area (Å²) in [5.74, 6) is -0.608. The van der Waals surface area contributed by atoms with Gasteiger partial charge in [0.05, 0.1) is 30.8 Å². The summed E-state index contributed by atoms with van der Waals surface area (Å²) in [6, 6.07) is 0. The number of aliphatic hydroxyl groups is 2. The minimum atomic E-state index is -0.751. The third-order valence-corrected chi connectivity index (χ3v) is 8.88. The van der Waals surface area contributed by atoms with E-state index >= 15 is 0 Å². The summed E-state index contributed by atoms with van der Waals surface area (Å²) in [7, 11) is 1.62. The molecule has 1 spiro atoms. The molecule has 12 atom stereocenters. The summed E-state index contributed by atoms with van der Waals surface area (Å²) in [6.45, 7) is 25.0. The molecule has 0 aliphatic carbocycles. The smallest absolute Gasteiger partial charge is 0.311 e. The fourth-order valence-electron chi connectivity index (χ4n) is 5.63. The lowest BCUT2D eigenvalue weighted by Gasteiger charge is -2.34. The number of hydrogen-bond acceptors (Lipinski definition) is 8. The van der Waals surface area contributed by atoms with Gasteiger partial charge in [0.15, 0.2) is 5.78 Å². The third-order valence-electron chi connectivity index (χ3n) is 8.88. The summed E-state index contributed by atoms with van der Waals surface area (Å²) in [5, 5.41) is 20.0. The van der Waals surface area contributed by atoms with Gasteiger partial charge in [-0.05, 0) is 63.7 Å². The number of ketones is 1. The highest BCUT2D eigenvalue weighted by Gasteiger charge is 2.54. The normalized spacial score (nSPS) is 41.7. The van der Waals surface area contributed by atoms with Gasteiger partial charge in [0.25, 0.3) is 0 Å². The van der Waals surface area contributed by atoms with Crippen LogP contribution in [0.25, 0.3) is 0 Å². The van der Waals surface area contributed by atoms with Crippen LogP contribution in [0.2, 0.25) is 0 Å². The van der Waals surface area contributed by atoms with Crippen molar-refractivity contribution >= 4 is 11.8 Å². The molecule has 244 valence electrons. The average Bonchev–Trinajstić information content (AvgIpc) is 3.73. The van der Waals surface area contributed by atoms with Crippen LogP contribution in [0.3, 0.4) is 0 Å². The van der Waals surface area contributed by atoms with Crippen LogP contribution in [0.5, 0.6) is 0 Å². The molecule has 0 aromatic heterocycles. The molecular formula is C33H64O8. The molecule has 0 bridgehead atoms. The summed E-state index contributed by atoms with van der Waals surface area (Å²) < 4.78 is 21.5. The Labute approximate surface area is 251 Å². The van der Waals surface area contributed by atoms with Crippen molar-refractivity contribution in [2.24, 2.45) is 35.5 Å². The second kappa shape index (κ2) is 19.3. The summed E-state index contributed by atoms with van der Waals surface area (Å²) in [4.78, 5) is 25.6. The van der Waals surface area contributed by atoms with Gasteiger partial charge in [-0.1, -0.05) is 68.7 Å². The lowest BCUT2D eigenvalue weighted by atomic mass is 9.74.